The number of halogens is 2. The van der Waals surface area contributed by atoms with Crippen LogP contribution in [0.3, 0.4) is 0 Å². The first-order valence-corrected chi connectivity index (χ1v) is 13.9. The average Bonchev–Trinajstić information content (AvgIpc) is 2.88. The van der Waals surface area contributed by atoms with Crippen molar-refractivity contribution in [3.05, 3.63) is 41.5 Å². The van der Waals surface area contributed by atoms with Gasteiger partial charge in [0.15, 0.2) is 11.6 Å². The molecular formula is C30H44F2O2. The third kappa shape index (κ3) is 6.22. The van der Waals surface area contributed by atoms with Gasteiger partial charge in [0, 0.05) is 0 Å². The first-order valence-electron chi connectivity index (χ1n) is 13.9. The van der Waals surface area contributed by atoms with Crippen LogP contribution in [0, 0.1) is 35.3 Å². The van der Waals surface area contributed by atoms with Gasteiger partial charge in [-0.25, -0.2) is 4.39 Å². The van der Waals surface area contributed by atoms with Crippen molar-refractivity contribution in [3.8, 4) is 5.75 Å². The maximum absolute atomic E-state index is 14.7. The van der Waals surface area contributed by atoms with E-state index in [4.69, 9.17) is 9.47 Å². The van der Waals surface area contributed by atoms with Gasteiger partial charge in [0.2, 0.25) is 5.82 Å². The Hall–Kier alpha value is -1.42. The van der Waals surface area contributed by atoms with Gasteiger partial charge in [-0.05, 0) is 119 Å². The van der Waals surface area contributed by atoms with Gasteiger partial charge in [-0.2, -0.15) is 4.39 Å². The molecule has 190 valence electrons. The van der Waals surface area contributed by atoms with Crippen molar-refractivity contribution in [2.45, 2.75) is 103 Å². The van der Waals surface area contributed by atoms with Gasteiger partial charge in [-0.15, -0.1) is 0 Å². The van der Waals surface area contributed by atoms with E-state index in [2.05, 4.69) is 19.1 Å². The summed E-state index contributed by atoms with van der Waals surface area (Å²) in [4.78, 5) is 0. The summed E-state index contributed by atoms with van der Waals surface area (Å²) in [5.41, 5.74) is 0.519. The molecule has 0 spiro atoms. The van der Waals surface area contributed by atoms with Crippen LogP contribution in [0.4, 0.5) is 8.78 Å². The number of allylic oxidation sites excluding steroid dienone is 2. The van der Waals surface area contributed by atoms with Gasteiger partial charge in [0.05, 0.1) is 19.3 Å². The molecule has 3 fully saturated rings. The van der Waals surface area contributed by atoms with E-state index in [0.717, 1.165) is 50.0 Å². The molecule has 3 aliphatic rings. The molecule has 1 saturated heterocycles. The monoisotopic (exact) mass is 474 g/mol. The average molecular weight is 475 g/mol. The molecule has 2 nitrogen and oxygen atoms in total. The van der Waals surface area contributed by atoms with E-state index < -0.39 is 11.6 Å². The molecule has 4 rings (SSSR count). The van der Waals surface area contributed by atoms with Gasteiger partial charge in [0.1, 0.15) is 0 Å². The number of ether oxygens (including phenoxy) is 2. The van der Waals surface area contributed by atoms with Crippen molar-refractivity contribution in [1.29, 1.82) is 0 Å². The first-order chi connectivity index (χ1) is 16.6. The summed E-state index contributed by atoms with van der Waals surface area (Å²) in [6.45, 7) is 5.15. The Balaban J connectivity index is 1.20. The molecule has 0 bridgehead atoms. The highest BCUT2D eigenvalue weighted by Gasteiger charge is 2.36. The highest BCUT2D eigenvalue weighted by Crippen LogP contribution is 2.44. The van der Waals surface area contributed by atoms with Crippen LogP contribution in [0.1, 0.15) is 102 Å². The van der Waals surface area contributed by atoms with Crippen LogP contribution in [-0.2, 0) is 4.74 Å². The minimum Gasteiger partial charge on any atom is -0.491 e. The third-order valence-corrected chi connectivity index (χ3v) is 9.00. The summed E-state index contributed by atoms with van der Waals surface area (Å²) in [5, 5.41) is 0. The summed E-state index contributed by atoms with van der Waals surface area (Å²) >= 11 is 0. The number of hydrogen-bond acceptors (Lipinski definition) is 2. The van der Waals surface area contributed by atoms with Crippen molar-refractivity contribution in [2.75, 3.05) is 13.2 Å². The molecule has 2 aliphatic carbocycles. The van der Waals surface area contributed by atoms with Crippen LogP contribution in [0.25, 0.3) is 0 Å². The zero-order chi connectivity index (χ0) is 23.9. The SMILES string of the molecule is C/C=C/CCC1CCC(C2CCC(C3CCC(c4ccc(OCC)c(F)c4F)CC3)OC2)CC1. The van der Waals surface area contributed by atoms with Crippen LogP contribution in [0.15, 0.2) is 24.3 Å². The van der Waals surface area contributed by atoms with E-state index >= 15 is 0 Å². The second-order valence-corrected chi connectivity index (χ2v) is 11.0. The first kappa shape index (κ1) is 25.7. The lowest BCUT2D eigenvalue weighted by Crippen LogP contribution is -2.37. The Morgan fingerprint density at radius 3 is 2.24 bits per heavy atom. The molecule has 2 unspecified atom stereocenters. The predicted octanol–water partition coefficient (Wildman–Crippen LogP) is 8.60. The summed E-state index contributed by atoms with van der Waals surface area (Å²) in [6, 6.07) is 3.31. The molecule has 2 atom stereocenters. The van der Waals surface area contributed by atoms with Crippen LogP contribution >= 0.6 is 0 Å². The second kappa shape index (κ2) is 12.5. The van der Waals surface area contributed by atoms with Crippen molar-refractivity contribution in [2.24, 2.45) is 23.7 Å². The summed E-state index contributed by atoms with van der Waals surface area (Å²) < 4.78 is 40.6. The van der Waals surface area contributed by atoms with E-state index in [1.165, 1.54) is 51.4 Å². The molecule has 0 aromatic heterocycles. The highest BCUT2D eigenvalue weighted by molar-refractivity contribution is 5.33. The summed E-state index contributed by atoms with van der Waals surface area (Å²) in [5.74, 6) is 1.64. The number of benzene rings is 1. The Labute approximate surface area is 205 Å². The lowest BCUT2D eigenvalue weighted by atomic mass is 9.71. The van der Waals surface area contributed by atoms with Crippen molar-refractivity contribution >= 4 is 0 Å². The van der Waals surface area contributed by atoms with Crippen LogP contribution in [-0.4, -0.2) is 19.3 Å². The number of hydrogen-bond donors (Lipinski definition) is 0. The fourth-order valence-corrected chi connectivity index (χ4v) is 6.91. The van der Waals surface area contributed by atoms with E-state index in [-0.39, 0.29) is 11.7 Å². The van der Waals surface area contributed by atoms with Gasteiger partial charge in [0.25, 0.3) is 0 Å². The molecule has 1 aromatic rings. The highest BCUT2D eigenvalue weighted by atomic mass is 19.2. The van der Waals surface area contributed by atoms with Gasteiger partial charge in [-0.3, -0.25) is 0 Å². The Bertz CT molecular complexity index is 783. The van der Waals surface area contributed by atoms with E-state index in [1.807, 2.05) is 0 Å². The van der Waals surface area contributed by atoms with Crippen LogP contribution in [0.5, 0.6) is 5.75 Å². The van der Waals surface area contributed by atoms with Gasteiger partial charge >= 0.3 is 0 Å². The molecule has 34 heavy (non-hydrogen) atoms. The van der Waals surface area contributed by atoms with Crippen molar-refractivity contribution in [3.63, 3.8) is 0 Å². The Morgan fingerprint density at radius 1 is 0.882 bits per heavy atom. The zero-order valence-electron chi connectivity index (χ0n) is 21.2. The second-order valence-electron chi connectivity index (χ2n) is 11.0. The van der Waals surface area contributed by atoms with Crippen molar-refractivity contribution < 1.29 is 18.3 Å². The molecule has 1 aromatic carbocycles. The fraction of sp³-hybridized carbons (Fsp3) is 0.733. The van der Waals surface area contributed by atoms with Gasteiger partial charge < -0.3 is 9.47 Å². The molecule has 4 heteroatoms. The van der Waals surface area contributed by atoms with Crippen LogP contribution < -0.4 is 4.74 Å². The summed E-state index contributed by atoms with van der Waals surface area (Å²) in [7, 11) is 0. The van der Waals surface area contributed by atoms with E-state index in [0.29, 0.717) is 24.2 Å². The molecule has 0 radical (unpaired) electrons. The minimum absolute atomic E-state index is 0.0183. The molecule has 0 N–H and O–H groups in total. The molecule has 1 aliphatic heterocycles. The Morgan fingerprint density at radius 2 is 1.59 bits per heavy atom. The topological polar surface area (TPSA) is 18.5 Å². The number of rotatable bonds is 8. The van der Waals surface area contributed by atoms with E-state index in [9.17, 15) is 8.78 Å². The lowest BCUT2D eigenvalue weighted by Gasteiger charge is -2.41. The Kier molecular flexibility index (Phi) is 9.45. The molecule has 0 amide bonds. The standard InChI is InChI=1S/C30H44F2O2/c1-3-5-6-7-21-8-10-22(11-9-21)25-16-18-27(34-20-25)24-14-12-23(13-15-24)26-17-19-28(33-4-2)30(32)29(26)31/h3,5,17,19,21-25,27H,4,6-16,18,20H2,1-2H3/b5-3+. The molecule has 1 heterocycles. The maximum atomic E-state index is 14.7. The van der Waals surface area contributed by atoms with Crippen molar-refractivity contribution in [1.82, 2.24) is 0 Å². The summed E-state index contributed by atoms with van der Waals surface area (Å²) in [6.07, 6.45) is 19.4. The van der Waals surface area contributed by atoms with E-state index in [1.54, 1.807) is 19.1 Å². The fourth-order valence-electron chi connectivity index (χ4n) is 6.91. The normalized spacial score (nSPS) is 32.7. The lowest BCUT2D eigenvalue weighted by molar-refractivity contribution is -0.0724. The molecule has 2 saturated carbocycles. The predicted molar refractivity (Wildman–Crippen MR) is 134 cm³/mol. The largest absolute Gasteiger partial charge is 0.491 e. The third-order valence-electron chi connectivity index (χ3n) is 9.00. The minimum atomic E-state index is -0.838. The van der Waals surface area contributed by atoms with Gasteiger partial charge in [-0.1, -0.05) is 31.1 Å². The quantitative estimate of drug-likeness (QED) is 0.351. The smallest absolute Gasteiger partial charge is 0.200 e. The maximum Gasteiger partial charge on any atom is 0.200 e. The molecular weight excluding hydrogens is 430 g/mol. The van der Waals surface area contributed by atoms with Crippen LogP contribution in [0.2, 0.25) is 0 Å². The zero-order valence-corrected chi connectivity index (χ0v) is 21.2.